The molecule has 0 aliphatic heterocycles. The number of hydrogen-bond donors (Lipinski definition) is 1. The van der Waals surface area contributed by atoms with Gasteiger partial charge in [-0.05, 0) is 34.9 Å². The second kappa shape index (κ2) is 6.02. The highest BCUT2D eigenvalue weighted by atomic mass is 16.7. The SMILES string of the molecule is CC(=O)O/N=C(\N)c1ncc2c3c(cccc13)CCc1ccccc1-2. The molecular weight excluding hydrogens is 314 g/mol. The fourth-order valence-corrected chi connectivity index (χ4v) is 3.42. The molecule has 1 heterocycles. The van der Waals surface area contributed by atoms with E-state index in [1.807, 2.05) is 24.4 Å². The highest BCUT2D eigenvalue weighted by Crippen LogP contribution is 2.37. The molecule has 0 bridgehead atoms. The fourth-order valence-electron chi connectivity index (χ4n) is 3.42. The summed E-state index contributed by atoms with van der Waals surface area (Å²) in [6, 6.07) is 14.5. The average Bonchev–Trinajstić information content (AvgIpc) is 2.79. The van der Waals surface area contributed by atoms with Crippen molar-refractivity contribution in [3.05, 3.63) is 65.5 Å². The van der Waals surface area contributed by atoms with Crippen LogP contribution in [0.3, 0.4) is 0 Å². The Morgan fingerprint density at radius 2 is 1.84 bits per heavy atom. The number of aryl methyl sites for hydroxylation is 2. The number of carbonyl (C=O) groups excluding carboxylic acids is 1. The van der Waals surface area contributed by atoms with E-state index in [0.717, 1.165) is 29.2 Å². The maximum Gasteiger partial charge on any atom is 0.332 e. The molecule has 1 aromatic heterocycles. The van der Waals surface area contributed by atoms with Gasteiger partial charge in [0.15, 0.2) is 5.84 Å². The molecule has 0 spiro atoms. The number of amidine groups is 1. The van der Waals surface area contributed by atoms with Gasteiger partial charge < -0.3 is 10.6 Å². The summed E-state index contributed by atoms with van der Waals surface area (Å²) in [5, 5.41) is 5.75. The van der Waals surface area contributed by atoms with E-state index < -0.39 is 5.97 Å². The standard InChI is InChI=1S/C20H17N3O2/c1-12(24)25-23-20(21)19-16-8-4-6-14-10-9-13-5-2-3-7-15(13)17(11-22-19)18(14)16/h2-8,11H,9-10H2,1H3,(H2,21,23). The number of nitrogens with zero attached hydrogens (tertiary/aromatic N) is 2. The molecule has 25 heavy (non-hydrogen) atoms. The number of carbonyl (C=O) groups is 1. The lowest BCUT2D eigenvalue weighted by molar-refractivity contribution is -0.140. The van der Waals surface area contributed by atoms with Gasteiger partial charge in [0, 0.05) is 24.1 Å². The van der Waals surface area contributed by atoms with Crippen molar-refractivity contribution in [3.63, 3.8) is 0 Å². The normalized spacial score (nSPS) is 13.2. The number of aromatic nitrogens is 1. The van der Waals surface area contributed by atoms with Crippen molar-refractivity contribution in [1.29, 1.82) is 0 Å². The number of fused-ring (bicyclic) bond motifs is 2. The van der Waals surface area contributed by atoms with Crippen LogP contribution >= 0.6 is 0 Å². The van der Waals surface area contributed by atoms with E-state index in [2.05, 4.69) is 39.2 Å². The Bertz CT molecular complexity index is 1020. The summed E-state index contributed by atoms with van der Waals surface area (Å²) >= 11 is 0. The monoisotopic (exact) mass is 331 g/mol. The minimum atomic E-state index is -0.517. The quantitative estimate of drug-likeness (QED) is 0.339. The van der Waals surface area contributed by atoms with Gasteiger partial charge in [0.1, 0.15) is 5.69 Å². The number of pyridine rings is 1. The predicted octanol–water partition coefficient (Wildman–Crippen LogP) is 3.18. The van der Waals surface area contributed by atoms with Crippen LogP contribution in [0.5, 0.6) is 0 Å². The van der Waals surface area contributed by atoms with Gasteiger partial charge in [0.2, 0.25) is 0 Å². The van der Waals surface area contributed by atoms with Crippen LogP contribution in [0, 0.1) is 0 Å². The Morgan fingerprint density at radius 3 is 2.68 bits per heavy atom. The molecule has 5 heteroatoms. The minimum Gasteiger partial charge on any atom is -0.379 e. The maximum absolute atomic E-state index is 11.0. The Morgan fingerprint density at radius 1 is 1.08 bits per heavy atom. The Kier molecular flexibility index (Phi) is 3.69. The van der Waals surface area contributed by atoms with Crippen molar-refractivity contribution in [2.75, 3.05) is 0 Å². The summed E-state index contributed by atoms with van der Waals surface area (Å²) < 4.78 is 0. The van der Waals surface area contributed by atoms with Gasteiger partial charge in [0.25, 0.3) is 0 Å². The number of benzene rings is 2. The van der Waals surface area contributed by atoms with E-state index in [0.29, 0.717) is 5.69 Å². The Hall–Kier alpha value is -3.21. The zero-order valence-corrected chi connectivity index (χ0v) is 13.8. The average molecular weight is 331 g/mol. The van der Waals surface area contributed by atoms with Gasteiger partial charge >= 0.3 is 5.97 Å². The summed E-state index contributed by atoms with van der Waals surface area (Å²) in [4.78, 5) is 20.2. The number of hydrogen-bond acceptors (Lipinski definition) is 4. The lowest BCUT2D eigenvalue weighted by Gasteiger charge is -2.12. The fraction of sp³-hybridized carbons (Fsp3) is 0.150. The van der Waals surface area contributed by atoms with Crippen LogP contribution in [-0.4, -0.2) is 16.8 Å². The molecule has 1 aliphatic rings. The number of rotatable bonds is 2. The van der Waals surface area contributed by atoms with Crippen LogP contribution in [0.2, 0.25) is 0 Å². The summed E-state index contributed by atoms with van der Waals surface area (Å²) in [6.07, 6.45) is 3.77. The minimum absolute atomic E-state index is 0.0939. The van der Waals surface area contributed by atoms with Crippen LogP contribution in [0.15, 0.2) is 53.8 Å². The van der Waals surface area contributed by atoms with Gasteiger partial charge in [-0.1, -0.05) is 47.6 Å². The smallest absolute Gasteiger partial charge is 0.332 e. The first-order chi connectivity index (χ1) is 12.1. The molecule has 0 saturated carbocycles. The Balaban J connectivity index is 1.98. The molecule has 124 valence electrons. The molecule has 5 nitrogen and oxygen atoms in total. The third-order valence-electron chi connectivity index (χ3n) is 4.48. The zero-order chi connectivity index (χ0) is 17.4. The van der Waals surface area contributed by atoms with Gasteiger partial charge in [-0.15, -0.1) is 0 Å². The third kappa shape index (κ3) is 2.63. The first kappa shape index (κ1) is 15.3. The molecule has 2 aromatic carbocycles. The summed E-state index contributed by atoms with van der Waals surface area (Å²) in [5.74, 6) is -0.423. The molecule has 0 saturated heterocycles. The van der Waals surface area contributed by atoms with Crippen LogP contribution in [0.1, 0.15) is 23.7 Å². The highest BCUT2D eigenvalue weighted by Gasteiger charge is 2.19. The summed E-state index contributed by atoms with van der Waals surface area (Å²) in [7, 11) is 0. The third-order valence-corrected chi connectivity index (χ3v) is 4.48. The lowest BCUT2D eigenvalue weighted by atomic mass is 9.95. The van der Waals surface area contributed by atoms with Crippen molar-refractivity contribution < 1.29 is 9.63 Å². The maximum atomic E-state index is 11.0. The molecular formula is C20H17N3O2. The number of oxime groups is 1. The first-order valence-corrected chi connectivity index (χ1v) is 8.15. The van der Waals surface area contributed by atoms with E-state index in [1.165, 1.54) is 23.6 Å². The van der Waals surface area contributed by atoms with Crippen molar-refractivity contribution in [1.82, 2.24) is 4.98 Å². The second-order valence-corrected chi connectivity index (χ2v) is 6.08. The van der Waals surface area contributed by atoms with Gasteiger partial charge in [-0.2, -0.15) is 0 Å². The van der Waals surface area contributed by atoms with Crippen molar-refractivity contribution >= 4 is 22.6 Å². The topological polar surface area (TPSA) is 77.6 Å². The molecule has 3 aromatic rings. The van der Waals surface area contributed by atoms with E-state index in [-0.39, 0.29) is 5.84 Å². The molecule has 0 fully saturated rings. The molecule has 0 unspecified atom stereocenters. The van der Waals surface area contributed by atoms with E-state index in [9.17, 15) is 4.79 Å². The van der Waals surface area contributed by atoms with E-state index in [4.69, 9.17) is 5.73 Å². The van der Waals surface area contributed by atoms with Crippen LogP contribution in [0.25, 0.3) is 21.9 Å². The molecule has 2 N–H and O–H groups in total. The highest BCUT2D eigenvalue weighted by molar-refractivity contribution is 6.11. The summed E-state index contributed by atoms with van der Waals surface area (Å²) in [6.45, 7) is 1.28. The van der Waals surface area contributed by atoms with E-state index >= 15 is 0 Å². The van der Waals surface area contributed by atoms with Crippen LogP contribution in [-0.2, 0) is 22.5 Å². The molecule has 4 rings (SSSR count). The molecule has 0 amide bonds. The van der Waals surface area contributed by atoms with E-state index in [1.54, 1.807) is 0 Å². The molecule has 1 aliphatic carbocycles. The van der Waals surface area contributed by atoms with Gasteiger partial charge in [-0.25, -0.2) is 4.79 Å². The molecule has 0 atom stereocenters. The van der Waals surface area contributed by atoms with Crippen molar-refractivity contribution in [2.24, 2.45) is 10.9 Å². The van der Waals surface area contributed by atoms with Crippen molar-refractivity contribution in [2.45, 2.75) is 19.8 Å². The van der Waals surface area contributed by atoms with Gasteiger partial charge in [-0.3, -0.25) is 4.98 Å². The second-order valence-electron chi connectivity index (χ2n) is 6.08. The van der Waals surface area contributed by atoms with Crippen LogP contribution < -0.4 is 5.73 Å². The zero-order valence-electron chi connectivity index (χ0n) is 13.8. The predicted molar refractivity (Wildman–Crippen MR) is 97.1 cm³/mol. The Labute approximate surface area is 145 Å². The van der Waals surface area contributed by atoms with Gasteiger partial charge in [0.05, 0.1) is 0 Å². The largest absolute Gasteiger partial charge is 0.379 e. The van der Waals surface area contributed by atoms with Crippen molar-refractivity contribution in [3.8, 4) is 11.1 Å². The van der Waals surface area contributed by atoms with Crippen LogP contribution in [0.4, 0.5) is 0 Å². The first-order valence-electron chi connectivity index (χ1n) is 8.15. The summed E-state index contributed by atoms with van der Waals surface area (Å²) in [5.41, 5.74) is 11.4. The molecule has 0 radical (unpaired) electrons. The number of nitrogens with two attached hydrogens (primary N) is 1. The lowest BCUT2D eigenvalue weighted by Crippen LogP contribution is -2.17.